The Hall–Kier alpha value is -0.810. The highest BCUT2D eigenvalue weighted by atomic mass is 16.7. The summed E-state index contributed by atoms with van der Waals surface area (Å²) < 4.78 is 11.4. The number of rotatable bonds is 61. The molecular weight excluding hydrogens is 947 g/mol. The molecule has 1 saturated heterocycles. The molecule has 7 atom stereocenters. The maximum Gasteiger partial charge on any atom is 0.220 e. The molecule has 0 aromatic rings. The molecule has 1 amide bonds. The SMILES string of the molecule is CCCCCCCCCCCCCCCCCCCCCCCCCCCCCCCCCC(=O)NC(COC1OC(CO)C(O)C(O)C1O)C(O)CCCCCCCCCCCCCCCCCCCCCCCC. The number of aliphatic hydroxyl groups is 5. The molecule has 454 valence electrons. The normalized spacial score (nSPS) is 18.6. The van der Waals surface area contributed by atoms with Gasteiger partial charge in [-0.2, -0.15) is 0 Å². The monoisotopic (exact) mass is 1080 g/mol. The van der Waals surface area contributed by atoms with E-state index in [0.717, 1.165) is 38.5 Å². The van der Waals surface area contributed by atoms with Crippen LogP contribution in [-0.4, -0.2) is 87.5 Å². The molecule has 1 aliphatic heterocycles. The quantitative estimate of drug-likeness (QED) is 0.0330. The van der Waals surface area contributed by atoms with E-state index in [9.17, 15) is 30.3 Å². The van der Waals surface area contributed by atoms with E-state index < -0.39 is 49.5 Å². The maximum absolute atomic E-state index is 13.1. The fraction of sp³-hybridized carbons (Fsp3) is 0.985. The predicted octanol–water partition coefficient (Wildman–Crippen LogP) is 18.1. The van der Waals surface area contributed by atoms with Gasteiger partial charge in [0.05, 0.1) is 25.4 Å². The van der Waals surface area contributed by atoms with Gasteiger partial charge in [-0.15, -0.1) is 0 Å². The minimum Gasteiger partial charge on any atom is -0.394 e. The van der Waals surface area contributed by atoms with Gasteiger partial charge in [0.15, 0.2) is 6.29 Å². The second kappa shape index (κ2) is 57.4. The largest absolute Gasteiger partial charge is 0.394 e. The highest BCUT2D eigenvalue weighted by molar-refractivity contribution is 5.76. The van der Waals surface area contributed by atoms with Crippen molar-refractivity contribution in [2.75, 3.05) is 13.2 Å². The van der Waals surface area contributed by atoms with E-state index in [1.807, 2.05) is 0 Å². The second-order valence-corrected chi connectivity index (χ2v) is 24.3. The Kier molecular flexibility index (Phi) is 55.3. The van der Waals surface area contributed by atoms with E-state index in [4.69, 9.17) is 9.47 Å². The zero-order chi connectivity index (χ0) is 55.0. The van der Waals surface area contributed by atoms with Crippen molar-refractivity contribution in [1.29, 1.82) is 0 Å². The lowest BCUT2D eigenvalue weighted by Gasteiger charge is -2.40. The van der Waals surface area contributed by atoms with E-state index in [1.165, 1.54) is 302 Å². The molecule has 6 N–H and O–H groups in total. The molecule has 0 bridgehead atoms. The first-order valence-electron chi connectivity index (χ1n) is 34.2. The first-order chi connectivity index (χ1) is 37.3. The van der Waals surface area contributed by atoms with E-state index >= 15 is 0 Å². The molecule has 0 aromatic carbocycles. The molecule has 1 aliphatic rings. The fourth-order valence-corrected chi connectivity index (χ4v) is 11.6. The zero-order valence-corrected chi connectivity index (χ0v) is 50.8. The fourth-order valence-electron chi connectivity index (χ4n) is 11.6. The number of amides is 1. The summed E-state index contributed by atoms with van der Waals surface area (Å²) in [6.07, 6.45) is 64.6. The lowest BCUT2D eigenvalue weighted by molar-refractivity contribution is -0.302. The molecule has 76 heavy (non-hydrogen) atoms. The summed E-state index contributed by atoms with van der Waals surface area (Å²) in [6.45, 7) is 3.91. The van der Waals surface area contributed by atoms with Gasteiger partial charge in [0.1, 0.15) is 24.4 Å². The van der Waals surface area contributed by atoms with E-state index in [1.54, 1.807) is 0 Å². The highest BCUT2D eigenvalue weighted by Gasteiger charge is 2.44. The third-order valence-corrected chi connectivity index (χ3v) is 17.0. The third-order valence-electron chi connectivity index (χ3n) is 17.0. The molecule has 1 heterocycles. The van der Waals surface area contributed by atoms with Crippen LogP contribution in [0.3, 0.4) is 0 Å². The lowest BCUT2D eigenvalue weighted by atomic mass is 9.99. The maximum atomic E-state index is 13.1. The Morgan fingerprint density at radius 3 is 0.934 bits per heavy atom. The minimum absolute atomic E-state index is 0.130. The number of nitrogens with one attached hydrogen (secondary N) is 1. The standard InChI is InChI=1S/C67H133NO8/c1-3-5-7-9-11-13-15-17-19-21-23-25-27-28-29-30-31-32-33-34-35-37-39-41-43-45-47-49-51-53-55-57-63(71)68-60(59-75-67-66(74)65(73)64(72)62(58-69)76-67)61(70)56-54-52-50-48-46-44-42-40-38-36-26-24-22-20-18-16-14-12-10-8-6-4-2/h60-62,64-67,69-70,72-74H,3-59H2,1-2H3,(H,68,71). The third kappa shape index (κ3) is 45.9. The van der Waals surface area contributed by atoms with Crippen LogP contribution in [0.25, 0.3) is 0 Å². The van der Waals surface area contributed by atoms with Crippen LogP contribution in [0.15, 0.2) is 0 Å². The summed E-state index contributed by atoms with van der Waals surface area (Å²) in [7, 11) is 0. The van der Waals surface area contributed by atoms with Crippen molar-refractivity contribution in [3.8, 4) is 0 Å². The van der Waals surface area contributed by atoms with Gasteiger partial charge in [-0.3, -0.25) is 4.79 Å². The summed E-state index contributed by atoms with van der Waals surface area (Å²) in [6, 6.07) is -0.715. The summed E-state index contributed by atoms with van der Waals surface area (Å²) in [5.74, 6) is -0.133. The Morgan fingerprint density at radius 1 is 0.395 bits per heavy atom. The number of hydrogen-bond donors (Lipinski definition) is 6. The van der Waals surface area contributed by atoms with Crippen molar-refractivity contribution in [2.45, 2.75) is 410 Å². The number of ether oxygens (including phenoxy) is 2. The van der Waals surface area contributed by atoms with Crippen LogP contribution in [0.5, 0.6) is 0 Å². The highest BCUT2D eigenvalue weighted by Crippen LogP contribution is 2.24. The lowest BCUT2D eigenvalue weighted by Crippen LogP contribution is -2.60. The number of carbonyl (C=O) groups is 1. The molecular formula is C67H133NO8. The van der Waals surface area contributed by atoms with Gasteiger partial charge in [-0.25, -0.2) is 0 Å². The number of hydrogen-bond acceptors (Lipinski definition) is 8. The molecule has 0 aromatic heterocycles. The summed E-state index contributed by atoms with van der Waals surface area (Å²) in [5, 5.41) is 54.9. The zero-order valence-electron chi connectivity index (χ0n) is 50.8. The average Bonchev–Trinajstić information content (AvgIpc) is 3.42. The van der Waals surface area contributed by atoms with Crippen molar-refractivity contribution >= 4 is 5.91 Å². The van der Waals surface area contributed by atoms with Gasteiger partial charge in [-0.05, 0) is 12.8 Å². The van der Waals surface area contributed by atoms with Crippen molar-refractivity contribution in [3.05, 3.63) is 0 Å². The van der Waals surface area contributed by atoms with Gasteiger partial charge in [-0.1, -0.05) is 348 Å². The molecule has 0 aliphatic carbocycles. The Labute approximate surface area is 472 Å². The van der Waals surface area contributed by atoms with Gasteiger partial charge in [0.2, 0.25) is 5.91 Å². The molecule has 1 rings (SSSR count). The van der Waals surface area contributed by atoms with Crippen LogP contribution in [0.2, 0.25) is 0 Å². The Morgan fingerprint density at radius 2 is 0.658 bits per heavy atom. The van der Waals surface area contributed by atoms with Crippen LogP contribution in [0, 0.1) is 0 Å². The van der Waals surface area contributed by atoms with Crippen LogP contribution < -0.4 is 5.32 Å². The number of aliphatic hydroxyl groups excluding tert-OH is 5. The summed E-state index contributed by atoms with van der Waals surface area (Å²) >= 11 is 0. The second-order valence-electron chi connectivity index (χ2n) is 24.3. The smallest absolute Gasteiger partial charge is 0.220 e. The summed E-state index contributed by atoms with van der Waals surface area (Å²) in [4.78, 5) is 13.1. The van der Waals surface area contributed by atoms with E-state index in [-0.39, 0.29) is 12.5 Å². The predicted molar refractivity (Wildman–Crippen MR) is 323 cm³/mol. The Bertz CT molecular complexity index is 1160. The van der Waals surface area contributed by atoms with Crippen LogP contribution in [0.4, 0.5) is 0 Å². The van der Waals surface area contributed by atoms with Crippen molar-refractivity contribution in [3.63, 3.8) is 0 Å². The van der Waals surface area contributed by atoms with E-state index in [2.05, 4.69) is 19.2 Å². The van der Waals surface area contributed by atoms with Gasteiger partial charge < -0.3 is 40.3 Å². The van der Waals surface area contributed by atoms with Gasteiger partial charge in [0, 0.05) is 6.42 Å². The van der Waals surface area contributed by atoms with Crippen LogP contribution in [-0.2, 0) is 14.3 Å². The van der Waals surface area contributed by atoms with E-state index in [0.29, 0.717) is 12.8 Å². The average molecular weight is 1080 g/mol. The molecule has 0 saturated carbocycles. The molecule has 9 nitrogen and oxygen atoms in total. The van der Waals surface area contributed by atoms with Crippen molar-refractivity contribution < 1.29 is 39.8 Å². The molecule has 1 fully saturated rings. The van der Waals surface area contributed by atoms with Crippen LogP contribution in [0.1, 0.15) is 367 Å². The minimum atomic E-state index is -1.55. The topological polar surface area (TPSA) is 149 Å². The number of unbranched alkanes of at least 4 members (excludes halogenated alkanes) is 51. The van der Waals surface area contributed by atoms with Gasteiger partial charge in [0.25, 0.3) is 0 Å². The summed E-state index contributed by atoms with van der Waals surface area (Å²) in [5.41, 5.74) is 0. The number of carbonyl (C=O) groups excluding carboxylic acids is 1. The van der Waals surface area contributed by atoms with Crippen molar-refractivity contribution in [2.24, 2.45) is 0 Å². The first kappa shape index (κ1) is 73.2. The van der Waals surface area contributed by atoms with Crippen LogP contribution >= 0.6 is 0 Å². The first-order valence-corrected chi connectivity index (χ1v) is 34.2. The van der Waals surface area contributed by atoms with Gasteiger partial charge >= 0.3 is 0 Å². The molecule has 0 radical (unpaired) electrons. The Balaban J connectivity index is 2.09. The molecule has 0 spiro atoms. The molecule has 9 heteroatoms. The molecule has 7 unspecified atom stereocenters. The van der Waals surface area contributed by atoms with Crippen molar-refractivity contribution in [1.82, 2.24) is 5.32 Å².